The summed E-state index contributed by atoms with van der Waals surface area (Å²) >= 11 is 0. The average molecular weight is 436 g/mol. The van der Waals surface area contributed by atoms with E-state index in [2.05, 4.69) is 10.2 Å². The van der Waals surface area contributed by atoms with Crippen molar-refractivity contribution in [2.45, 2.75) is 12.5 Å². The maximum Gasteiger partial charge on any atom is 0.277 e. The maximum atomic E-state index is 12.1. The molecule has 0 radical (unpaired) electrons. The Morgan fingerprint density at radius 1 is 0.697 bits per heavy atom. The van der Waals surface area contributed by atoms with Crippen LogP contribution in [0.5, 0.6) is 5.75 Å². The van der Waals surface area contributed by atoms with E-state index in [9.17, 15) is 19.5 Å². The Morgan fingerprint density at radius 2 is 1.24 bits per heavy atom. The lowest BCUT2D eigenvalue weighted by atomic mass is 10.1. The Hall–Kier alpha value is -4.45. The molecule has 4 aromatic rings. The molecular weight excluding hydrogens is 416 g/mol. The molecule has 0 bridgehead atoms. The molecule has 4 aromatic carbocycles. The molecule has 0 saturated carbocycles. The van der Waals surface area contributed by atoms with Crippen LogP contribution in [-0.4, -0.2) is 5.11 Å². The van der Waals surface area contributed by atoms with Crippen molar-refractivity contribution in [2.24, 2.45) is 0 Å². The van der Waals surface area contributed by atoms with Crippen molar-refractivity contribution in [1.29, 1.82) is 0 Å². The van der Waals surface area contributed by atoms with E-state index in [1.165, 1.54) is 0 Å². The molecule has 2 N–H and O–H groups in total. The summed E-state index contributed by atoms with van der Waals surface area (Å²) < 4.78 is 0. The molecule has 0 fully saturated rings. The minimum atomic E-state index is -1.18. The van der Waals surface area contributed by atoms with Gasteiger partial charge in [0.25, 0.3) is 10.9 Å². The van der Waals surface area contributed by atoms with Crippen molar-refractivity contribution in [3.8, 4) is 5.75 Å². The molecule has 1 aliphatic heterocycles. The number of hydrogen-bond donors (Lipinski definition) is 2. The second-order valence-corrected chi connectivity index (χ2v) is 7.85. The Labute approximate surface area is 189 Å². The highest BCUT2D eigenvalue weighted by Crippen LogP contribution is 2.36. The molecule has 6 nitrogen and oxygen atoms in total. The van der Waals surface area contributed by atoms with Crippen molar-refractivity contribution in [2.75, 3.05) is 4.90 Å². The van der Waals surface area contributed by atoms with E-state index >= 15 is 0 Å². The fourth-order valence-corrected chi connectivity index (χ4v) is 4.21. The normalized spacial score (nSPS) is 15.2. The number of benzene rings is 3. The smallest absolute Gasteiger partial charge is 0.277 e. The van der Waals surface area contributed by atoms with Crippen LogP contribution in [0.25, 0.3) is 5.70 Å². The lowest BCUT2D eigenvalue weighted by molar-refractivity contribution is 0.456. The highest BCUT2D eigenvalue weighted by molar-refractivity contribution is 5.78. The van der Waals surface area contributed by atoms with Gasteiger partial charge in [0.2, 0.25) is 5.43 Å². The third-order valence-corrected chi connectivity index (χ3v) is 5.83. The van der Waals surface area contributed by atoms with Crippen molar-refractivity contribution in [1.82, 2.24) is 5.32 Å². The molecule has 33 heavy (non-hydrogen) atoms. The molecule has 1 atom stereocenters. The highest BCUT2D eigenvalue weighted by Gasteiger charge is 2.29. The van der Waals surface area contributed by atoms with E-state index in [0.717, 1.165) is 28.3 Å². The first-order chi connectivity index (χ1) is 16.0. The maximum absolute atomic E-state index is 12.1. The van der Waals surface area contributed by atoms with Crippen LogP contribution in [0, 0.1) is 0 Å². The van der Waals surface area contributed by atoms with Gasteiger partial charge in [0.1, 0.15) is 0 Å². The summed E-state index contributed by atoms with van der Waals surface area (Å²) in [6.45, 7) is 0. The van der Waals surface area contributed by atoms with Gasteiger partial charge in [0.05, 0.1) is 11.6 Å². The van der Waals surface area contributed by atoms with E-state index in [0.29, 0.717) is 6.42 Å². The molecule has 1 heterocycles. The largest absolute Gasteiger partial charge is 0.504 e. The first kappa shape index (κ1) is 20.5. The Bertz CT molecular complexity index is 1430. The third kappa shape index (κ3) is 3.61. The van der Waals surface area contributed by atoms with Crippen molar-refractivity contribution in [3.05, 3.63) is 133 Å². The topological polar surface area (TPSA) is 86.7 Å². The number of rotatable bonds is 5. The average Bonchev–Trinajstić information content (AvgIpc) is 3.41. The van der Waals surface area contributed by atoms with Gasteiger partial charge in [-0.1, -0.05) is 54.6 Å². The van der Waals surface area contributed by atoms with Crippen LogP contribution in [0.2, 0.25) is 0 Å². The molecule has 5 rings (SSSR count). The Kier molecular flexibility index (Phi) is 5.11. The van der Waals surface area contributed by atoms with Crippen LogP contribution in [-0.2, 0) is 0 Å². The van der Waals surface area contributed by atoms with E-state index in [1.54, 1.807) is 0 Å². The summed E-state index contributed by atoms with van der Waals surface area (Å²) in [5.41, 5.74) is 1.34. The molecule has 0 aromatic heterocycles. The molecule has 0 saturated heterocycles. The van der Waals surface area contributed by atoms with E-state index in [-0.39, 0.29) is 5.56 Å². The van der Waals surface area contributed by atoms with Crippen LogP contribution in [0.3, 0.4) is 0 Å². The fraction of sp³-hybridized carbons (Fsp3) is 0.0741. The second-order valence-electron chi connectivity index (χ2n) is 7.85. The number of aromatic hydroxyl groups is 1. The SMILES string of the molecule is O=c1c(O)c(C2CC=C(c3ccc(N(c4ccccc4)c4ccccc4)cc3)N2)c(=O)c1=O. The summed E-state index contributed by atoms with van der Waals surface area (Å²) in [6, 6.07) is 27.5. The fourth-order valence-electron chi connectivity index (χ4n) is 4.21. The van der Waals surface area contributed by atoms with Crippen LogP contribution < -0.4 is 26.5 Å². The van der Waals surface area contributed by atoms with Gasteiger partial charge >= 0.3 is 0 Å². The molecule has 0 amide bonds. The molecule has 6 heteroatoms. The van der Waals surface area contributed by atoms with Gasteiger partial charge in [-0.3, -0.25) is 14.4 Å². The predicted octanol–water partition coefficient (Wildman–Crippen LogP) is 3.89. The van der Waals surface area contributed by atoms with E-state index in [1.807, 2.05) is 91.0 Å². The van der Waals surface area contributed by atoms with Gasteiger partial charge in [0.15, 0.2) is 5.75 Å². The first-order valence-electron chi connectivity index (χ1n) is 10.6. The molecular formula is C27H20N2O4. The van der Waals surface area contributed by atoms with E-state index < -0.39 is 28.1 Å². The van der Waals surface area contributed by atoms with Crippen LogP contribution in [0.4, 0.5) is 17.1 Å². The van der Waals surface area contributed by atoms with Gasteiger partial charge in [0, 0.05) is 22.8 Å². The minimum Gasteiger partial charge on any atom is -0.504 e. The predicted molar refractivity (Wildman–Crippen MR) is 129 cm³/mol. The second kappa shape index (κ2) is 8.24. The number of nitrogens with zero attached hydrogens (tertiary/aromatic N) is 1. The number of anilines is 3. The van der Waals surface area contributed by atoms with Crippen LogP contribution in [0.15, 0.2) is 105 Å². The van der Waals surface area contributed by atoms with Crippen LogP contribution in [0.1, 0.15) is 23.6 Å². The van der Waals surface area contributed by atoms with Gasteiger partial charge in [-0.2, -0.15) is 0 Å². The van der Waals surface area contributed by atoms with Gasteiger partial charge in [-0.05, 0) is 48.4 Å². The number of nitrogens with one attached hydrogen (secondary N) is 1. The van der Waals surface area contributed by atoms with Crippen molar-refractivity contribution >= 4 is 22.8 Å². The molecule has 1 aliphatic rings. The number of para-hydroxylation sites is 2. The van der Waals surface area contributed by atoms with Crippen molar-refractivity contribution in [3.63, 3.8) is 0 Å². The van der Waals surface area contributed by atoms with Crippen molar-refractivity contribution < 1.29 is 5.11 Å². The van der Waals surface area contributed by atoms with Gasteiger partial charge < -0.3 is 15.3 Å². The highest BCUT2D eigenvalue weighted by atomic mass is 16.3. The number of hydrogen-bond acceptors (Lipinski definition) is 6. The summed E-state index contributed by atoms with van der Waals surface area (Å²) in [7, 11) is 0. The Balaban J connectivity index is 1.43. The molecule has 0 spiro atoms. The summed E-state index contributed by atoms with van der Waals surface area (Å²) in [5, 5.41) is 13.1. The lowest BCUT2D eigenvalue weighted by Crippen LogP contribution is -2.31. The summed E-state index contributed by atoms with van der Waals surface area (Å²) in [4.78, 5) is 37.5. The zero-order chi connectivity index (χ0) is 22.9. The minimum absolute atomic E-state index is 0.146. The summed E-state index contributed by atoms with van der Waals surface area (Å²) in [6.07, 6.45) is 2.29. The van der Waals surface area contributed by atoms with E-state index in [4.69, 9.17) is 0 Å². The van der Waals surface area contributed by atoms with Gasteiger partial charge in [-0.15, -0.1) is 0 Å². The molecule has 1 unspecified atom stereocenters. The van der Waals surface area contributed by atoms with Crippen LogP contribution >= 0.6 is 0 Å². The third-order valence-electron chi connectivity index (χ3n) is 5.83. The zero-order valence-electron chi connectivity index (χ0n) is 17.6. The standard InChI is InChI=1S/C27H20N2O4/c30-24-23(25(31)27(33)26(24)32)22-16-15-21(28-22)17-11-13-20(14-12-17)29(18-7-3-1-4-8-18)19-9-5-2-6-10-19/h1-15,22,28,30H,16H2. The quantitative estimate of drug-likeness (QED) is 0.462. The first-order valence-corrected chi connectivity index (χ1v) is 10.6. The lowest BCUT2D eigenvalue weighted by Gasteiger charge is -2.25. The monoisotopic (exact) mass is 436 g/mol. The van der Waals surface area contributed by atoms with Gasteiger partial charge in [-0.25, -0.2) is 0 Å². The Morgan fingerprint density at radius 3 is 1.76 bits per heavy atom. The molecule has 0 aliphatic carbocycles. The zero-order valence-corrected chi connectivity index (χ0v) is 17.6. The summed E-state index contributed by atoms with van der Waals surface area (Å²) in [5.74, 6) is -0.742. The molecule has 162 valence electrons.